The van der Waals surface area contributed by atoms with E-state index in [4.69, 9.17) is 4.74 Å². The van der Waals surface area contributed by atoms with Gasteiger partial charge in [0.1, 0.15) is 0 Å². The van der Waals surface area contributed by atoms with E-state index in [1.54, 1.807) is 0 Å². The minimum absolute atomic E-state index is 0.652. The zero-order valence-electron chi connectivity index (χ0n) is 9.61. The zero-order chi connectivity index (χ0) is 10.8. The lowest BCUT2D eigenvalue weighted by Crippen LogP contribution is -2.25. The molecule has 2 saturated heterocycles. The summed E-state index contributed by atoms with van der Waals surface area (Å²) >= 11 is 0. The van der Waals surface area contributed by atoms with Crippen molar-refractivity contribution < 1.29 is 4.74 Å². The van der Waals surface area contributed by atoms with Crippen molar-refractivity contribution in [3.63, 3.8) is 0 Å². The summed E-state index contributed by atoms with van der Waals surface area (Å²) in [6.07, 6.45) is 3.85. The Hall–Kier alpha value is -0.860. The zero-order valence-corrected chi connectivity index (χ0v) is 9.61. The van der Waals surface area contributed by atoms with Crippen LogP contribution in [0.15, 0.2) is 24.3 Å². The molecule has 0 spiro atoms. The first kappa shape index (κ1) is 10.3. The van der Waals surface area contributed by atoms with Crippen LogP contribution in [0.25, 0.3) is 0 Å². The van der Waals surface area contributed by atoms with Crippen LogP contribution in [0.4, 0.5) is 0 Å². The number of rotatable bonds is 3. The SMILES string of the molecule is c1cc(C2COC2)ccc1CC1CCCN1. The van der Waals surface area contributed by atoms with Gasteiger partial charge in [-0.25, -0.2) is 0 Å². The van der Waals surface area contributed by atoms with Crippen molar-refractivity contribution >= 4 is 0 Å². The monoisotopic (exact) mass is 217 g/mol. The first-order chi connectivity index (χ1) is 7.92. The third-order valence-corrected chi connectivity index (χ3v) is 3.73. The topological polar surface area (TPSA) is 21.3 Å². The molecule has 0 aliphatic carbocycles. The van der Waals surface area contributed by atoms with Gasteiger partial charge in [-0.2, -0.15) is 0 Å². The minimum Gasteiger partial charge on any atom is -0.380 e. The van der Waals surface area contributed by atoms with Crippen LogP contribution >= 0.6 is 0 Å². The number of hydrogen-bond donors (Lipinski definition) is 1. The van der Waals surface area contributed by atoms with Crippen molar-refractivity contribution in [2.24, 2.45) is 0 Å². The van der Waals surface area contributed by atoms with Crippen molar-refractivity contribution in [1.29, 1.82) is 0 Å². The van der Waals surface area contributed by atoms with Gasteiger partial charge in [0.2, 0.25) is 0 Å². The summed E-state index contributed by atoms with van der Waals surface area (Å²) in [5.74, 6) is 0.652. The summed E-state index contributed by atoms with van der Waals surface area (Å²) in [6, 6.07) is 9.83. The Morgan fingerprint density at radius 2 is 2.00 bits per heavy atom. The molecule has 1 aromatic carbocycles. The molecule has 2 nitrogen and oxygen atoms in total. The van der Waals surface area contributed by atoms with Crippen LogP contribution in [0.5, 0.6) is 0 Å². The number of ether oxygens (including phenoxy) is 1. The number of hydrogen-bond acceptors (Lipinski definition) is 2. The van der Waals surface area contributed by atoms with Gasteiger partial charge < -0.3 is 10.1 Å². The first-order valence-corrected chi connectivity index (χ1v) is 6.32. The largest absolute Gasteiger partial charge is 0.380 e. The van der Waals surface area contributed by atoms with E-state index in [9.17, 15) is 0 Å². The molecule has 16 heavy (non-hydrogen) atoms. The molecule has 1 N–H and O–H groups in total. The molecule has 2 heteroatoms. The smallest absolute Gasteiger partial charge is 0.0557 e. The van der Waals surface area contributed by atoms with Gasteiger partial charge in [-0.15, -0.1) is 0 Å². The van der Waals surface area contributed by atoms with Crippen LogP contribution < -0.4 is 5.32 Å². The number of benzene rings is 1. The summed E-state index contributed by atoms with van der Waals surface area (Å²) < 4.78 is 5.22. The molecule has 1 aromatic rings. The minimum atomic E-state index is 0.652. The second kappa shape index (κ2) is 4.56. The van der Waals surface area contributed by atoms with E-state index >= 15 is 0 Å². The highest BCUT2D eigenvalue weighted by Crippen LogP contribution is 2.24. The average molecular weight is 217 g/mol. The fraction of sp³-hybridized carbons (Fsp3) is 0.571. The molecule has 3 rings (SSSR count). The van der Waals surface area contributed by atoms with Crippen LogP contribution in [0, 0.1) is 0 Å². The van der Waals surface area contributed by atoms with Crippen molar-refractivity contribution in [2.45, 2.75) is 31.2 Å². The van der Waals surface area contributed by atoms with Crippen molar-refractivity contribution in [3.8, 4) is 0 Å². The van der Waals surface area contributed by atoms with Gasteiger partial charge in [0.25, 0.3) is 0 Å². The first-order valence-electron chi connectivity index (χ1n) is 6.32. The summed E-state index contributed by atoms with van der Waals surface area (Å²) in [5.41, 5.74) is 2.90. The van der Waals surface area contributed by atoms with Gasteiger partial charge in [-0.3, -0.25) is 0 Å². The summed E-state index contributed by atoms with van der Waals surface area (Å²) in [5, 5.41) is 3.54. The third kappa shape index (κ3) is 2.13. The van der Waals surface area contributed by atoms with Gasteiger partial charge in [0.05, 0.1) is 13.2 Å². The number of nitrogens with one attached hydrogen (secondary N) is 1. The molecule has 0 aromatic heterocycles. The Morgan fingerprint density at radius 3 is 2.56 bits per heavy atom. The van der Waals surface area contributed by atoms with Crippen LogP contribution in [0.2, 0.25) is 0 Å². The van der Waals surface area contributed by atoms with Crippen molar-refractivity contribution in [1.82, 2.24) is 5.32 Å². The van der Waals surface area contributed by atoms with E-state index in [-0.39, 0.29) is 0 Å². The standard InChI is InChI=1S/C14H19NO/c1-2-14(15-7-1)8-11-3-5-12(6-4-11)13-9-16-10-13/h3-6,13-15H,1-2,7-10H2. The van der Waals surface area contributed by atoms with E-state index < -0.39 is 0 Å². The van der Waals surface area contributed by atoms with Gasteiger partial charge >= 0.3 is 0 Å². The third-order valence-electron chi connectivity index (χ3n) is 3.73. The maximum absolute atomic E-state index is 5.22. The molecule has 2 aliphatic heterocycles. The molecule has 2 heterocycles. The van der Waals surface area contributed by atoms with Crippen LogP contribution in [-0.4, -0.2) is 25.8 Å². The van der Waals surface area contributed by atoms with Gasteiger partial charge in [0.15, 0.2) is 0 Å². The molecule has 2 fully saturated rings. The van der Waals surface area contributed by atoms with Crippen LogP contribution in [0.1, 0.15) is 29.9 Å². The Morgan fingerprint density at radius 1 is 1.19 bits per heavy atom. The Bertz CT molecular complexity index is 336. The lowest BCUT2D eigenvalue weighted by atomic mass is 9.95. The normalized spacial score (nSPS) is 25.6. The Kier molecular flexibility index (Phi) is 2.94. The van der Waals surface area contributed by atoms with E-state index in [1.165, 1.54) is 36.9 Å². The molecular formula is C14H19NO. The van der Waals surface area contributed by atoms with Gasteiger partial charge in [-0.1, -0.05) is 24.3 Å². The van der Waals surface area contributed by atoms with Gasteiger partial charge in [-0.05, 0) is 36.9 Å². The van der Waals surface area contributed by atoms with E-state index in [0.717, 1.165) is 13.2 Å². The molecule has 0 saturated carbocycles. The summed E-state index contributed by atoms with van der Waals surface area (Å²) in [4.78, 5) is 0. The summed E-state index contributed by atoms with van der Waals surface area (Å²) in [6.45, 7) is 3.01. The molecule has 1 unspecified atom stereocenters. The van der Waals surface area contributed by atoms with Crippen molar-refractivity contribution in [2.75, 3.05) is 19.8 Å². The maximum Gasteiger partial charge on any atom is 0.0557 e. The summed E-state index contributed by atoms with van der Waals surface area (Å²) in [7, 11) is 0. The predicted octanol–water partition coefficient (Wildman–Crippen LogP) is 2.09. The van der Waals surface area contributed by atoms with Crippen molar-refractivity contribution in [3.05, 3.63) is 35.4 Å². The molecule has 2 aliphatic rings. The van der Waals surface area contributed by atoms with E-state index in [1.807, 2.05) is 0 Å². The van der Waals surface area contributed by atoms with E-state index in [0.29, 0.717) is 12.0 Å². The Labute approximate surface area is 97.0 Å². The quantitative estimate of drug-likeness (QED) is 0.837. The molecular weight excluding hydrogens is 198 g/mol. The van der Waals surface area contributed by atoms with Crippen LogP contribution in [-0.2, 0) is 11.2 Å². The maximum atomic E-state index is 5.22. The lowest BCUT2D eigenvalue weighted by molar-refractivity contribution is 0.00841. The highest BCUT2D eigenvalue weighted by molar-refractivity contribution is 5.27. The predicted molar refractivity (Wildman–Crippen MR) is 64.7 cm³/mol. The average Bonchev–Trinajstić information content (AvgIpc) is 2.71. The molecule has 86 valence electrons. The molecule has 0 radical (unpaired) electrons. The molecule has 0 amide bonds. The van der Waals surface area contributed by atoms with Crippen LogP contribution in [0.3, 0.4) is 0 Å². The molecule has 0 bridgehead atoms. The highest BCUT2D eigenvalue weighted by atomic mass is 16.5. The fourth-order valence-electron chi connectivity index (χ4n) is 2.57. The second-order valence-corrected chi connectivity index (χ2v) is 4.97. The van der Waals surface area contributed by atoms with Gasteiger partial charge in [0, 0.05) is 12.0 Å². The fourth-order valence-corrected chi connectivity index (χ4v) is 2.57. The Balaban J connectivity index is 1.62. The highest BCUT2D eigenvalue weighted by Gasteiger charge is 2.20. The lowest BCUT2D eigenvalue weighted by Gasteiger charge is -2.26. The molecule has 1 atom stereocenters. The second-order valence-electron chi connectivity index (χ2n) is 4.97. The van der Waals surface area contributed by atoms with E-state index in [2.05, 4.69) is 29.6 Å².